The molecule has 0 saturated carbocycles. The molecule has 0 bridgehead atoms. The van der Waals surface area contributed by atoms with Crippen molar-refractivity contribution in [3.8, 4) is 0 Å². The molecule has 0 aliphatic carbocycles. The Morgan fingerprint density at radius 1 is 1.50 bits per heavy atom. The van der Waals surface area contributed by atoms with Crippen molar-refractivity contribution in [1.29, 1.82) is 0 Å². The minimum atomic E-state index is -0.0283. The van der Waals surface area contributed by atoms with Gasteiger partial charge in [-0.1, -0.05) is 20.3 Å². The Balaban J connectivity index is 1.85. The number of hydrogen-bond acceptors (Lipinski definition) is 5. The number of hydrogen-bond donors (Lipinski definition) is 2. The van der Waals surface area contributed by atoms with Crippen LogP contribution in [0.1, 0.15) is 59.4 Å². The van der Waals surface area contributed by atoms with Crippen LogP contribution in [0.4, 0.5) is 0 Å². The normalized spacial score (nSPS) is 19.6. The van der Waals surface area contributed by atoms with E-state index in [0.717, 1.165) is 35.1 Å². The molecule has 2 heterocycles. The van der Waals surface area contributed by atoms with Crippen molar-refractivity contribution in [1.82, 2.24) is 15.2 Å². The number of nitrogens with one attached hydrogen (secondary N) is 1. The van der Waals surface area contributed by atoms with Crippen molar-refractivity contribution in [2.24, 2.45) is 0 Å². The molecule has 1 aromatic heterocycles. The van der Waals surface area contributed by atoms with Gasteiger partial charge in [-0.15, -0.1) is 11.3 Å². The zero-order valence-corrected chi connectivity index (χ0v) is 14.6. The Morgan fingerprint density at radius 3 is 2.91 bits per heavy atom. The molecule has 1 amide bonds. The van der Waals surface area contributed by atoms with E-state index in [1.807, 2.05) is 6.92 Å². The van der Waals surface area contributed by atoms with Gasteiger partial charge in [-0.05, 0) is 26.3 Å². The molecule has 2 N–H and O–H groups in total. The van der Waals surface area contributed by atoms with E-state index in [-0.39, 0.29) is 18.6 Å². The van der Waals surface area contributed by atoms with E-state index in [1.165, 1.54) is 24.2 Å². The fourth-order valence-corrected chi connectivity index (χ4v) is 3.81. The van der Waals surface area contributed by atoms with E-state index < -0.39 is 0 Å². The third kappa shape index (κ3) is 4.27. The molecule has 1 atom stereocenters. The molecule has 22 heavy (non-hydrogen) atoms. The molecule has 5 nitrogen and oxygen atoms in total. The number of carbonyl (C=O) groups excluding carboxylic acids is 1. The zero-order chi connectivity index (χ0) is 16.1. The van der Waals surface area contributed by atoms with E-state index in [9.17, 15) is 9.90 Å². The predicted molar refractivity (Wildman–Crippen MR) is 89.6 cm³/mol. The number of likely N-dealkylation sites (tertiary alicyclic amines) is 1. The summed E-state index contributed by atoms with van der Waals surface area (Å²) in [5.74, 6) is 0.323. The van der Waals surface area contributed by atoms with Crippen LogP contribution in [0, 0.1) is 6.92 Å². The van der Waals surface area contributed by atoms with Gasteiger partial charge < -0.3 is 10.4 Å². The molecule has 0 spiro atoms. The van der Waals surface area contributed by atoms with Crippen LogP contribution in [0.5, 0.6) is 0 Å². The number of piperidine rings is 1. The van der Waals surface area contributed by atoms with Gasteiger partial charge in [0.2, 0.25) is 0 Å². The van der Waals surface area contributed by atoms with Crippen LogP contribution in [-0.4, -0.2) is 53.2 Å². The molecule has 1 fully saturated rings. The molecule has 0 radical (unpaired) electrons. The first-order valence-electron chi connectivity index (χ1n) is 8.13. The number of amides is 1. The molecular weight excluding hydrogens is 298 g/mol. The lowest BCUT2D eigenvalue weighted by molar-refractivity contribution is 0.0850. The van der Waals surface area contributed by atoms with Gasteiger partial charge in [-0.2, -0.15) is 0 Å². The average molecular weight is 325 g/mol. The monoisotopic (exact) mass is 325 g/mol. The highest BCUT2D eigenvalue weighted by molar-refractivity contribution is 7.13. The van der Waals surface area contributed by atoms with E-state index in [4.69, 9.17) is 0 Å². The summed E-state index contributed by atoms with van der Waals surface area (Å²) < 4.78 is 0. The van der Waals surface area contributed by atoms with Gasteiger partial charge in [0.05, 0.1) is 17.3 Å². The fraction of sp³-hybridized carbons (Fsp3) is 0.750. The zero-order valence-electron chi connectivity index (χ0n) is 13.8. The van der Waals surface area contributed by atoms with Gasteiger partial charge in [0.25, 0.3) is 5.91 Å². The first-order chi connectivity index (χ1) is 10.5. The number of aromatic nitrogens is 1. The second kappa shape index (κ2) is 8.04. The summed E-state index contributed by atoms with van der Waals surface area (Å²) >= 11 is 1.49. The van der Waals surface area contributed by atoms with Crippen molar-refractivity contribution in [2.75, 3.05) is 26.2 Å². The molecule has 1 saturated heterocycles. The number of aliphatic hydroxyl groups is 1. The summed E-state index contributed by atoms with van der Waals surface area (Å²) in [5, 5.41) is 13.4. The van der Waals surface area contributed by atoms with Crippen molar-refractivity contribution < 1.29 is 9.90 Å². The standard InChI is InChI=1S/C16H27N3O2S/c1-11(2)16-18-12(3)14(22-16)15(21)17-7-9-19-8-5-4-6-13(19)10-20/h11,13,20H,4-10H2,1-3H3,(H,17,21)/t13-/m1/s1. The summed E-state index contributed by atoms with van der Waals surface area (Å²) in [7, 11) is 0. The number of nitrogens with zero attached hydrogens (tertiary/aromatic N) is 2. The van der Waals surface area contributed by atoms with E-state index in [1.54, 1.807) is 0 Å². The summed E-state index contributed by atoms with van der Waals surface area (Å²) in [6, 6.07) is 0.253. The average Bonchev–Trinajstić information content (AvgIpc) is 2.90. The smallest absolute Gasteiger partial charge is 0.263 e. The molecule has 1 aromatic rings. The number of carbonyl (C=O) groups is 1. The Labute approximate surface area is 136 Å². The Bertz CT molecular complexity index is 502. The summed E-state index contributed by atoms with van der Waals surface area (Å²) in [6.45, 7) is 8.70. The SMILES string of the molecule is Cc1nc(C(C)C)sc1C(=O)NCCN1CCCC[C@@H]1CO. The van der Waals surface area contributed by atoms with Crippen molar-refractivity contribution in [2.45, 2.75) is 52.0 Å². The highest BCUT2D eigenvalue weighted by atomic mass is 32.1. The van der Waals surface area contributed by atoms with Crippen LogP contribution >= 0.6 is 11.3 Å². The van der Waals surface area contributed by atoms with Gasteiger partial charge in [-0.3, -0.25) is 9.69 Å². The van der Waals surface area contributed by atoms with Gasteiger partial charge in [0.1, 0.15) is 4.88 Å². The maximum Gasteiger partial charge on any atom is 0.263 e. The minimum absolute atomic E-state index is 0.0283. The maximum absolute atomic E-state index is 12.3. The predicted octanol–water partition coefficient (Wildman–Crippen LogP) is 2.15. The Kier molecular flexibility index (Phi) is 6.35. The van der Waals surface area contributed by atoms with Crippen LogP contribution in [-0.2, 0) is 0 Å². The molecule has 2 rings (SSSR count). The molecule has 1 aliphatic heterocycles. The molecular formula is C16H27N3O2S. The summed E-state index contributed by atoms with van der Waals surface area (Å²) in [5.41, 5.74) is 0.817. The number of aliphatic hydroxyl groups excluding tert-OH is 1. The van der Waals surface area contributed by atoms with E-state index >= 15 is 0 Å². The molecule has 0 aromatic carbocycles. The lowest BCUT2D eigenvalue weighted by Gasteiger charge is -2.34. The third-order valence-corrected chi connectivity index (χ3v) is 5.61. The number of aryl methyl sites for hydroxylation is 1. The second-order valence-electron chi connectivity index (χ2n) is 6.25. The van der Waals surface area contributed by atoms with E-state index in [0.29, 0.717) is 12.5 Å². The van der Waals surface area contributed by atoms with E-state index in [2.05, 4.69) is 29.0 Å². The Morgan fingerprint density at radius 2 is 2.27 bits per heavy atom. The van der Waals surface area contributed by atoms with Crippen LogP contribution in [0.25, 0.3) is 0 Å². The van der Waals surface area contributed by atoms with Gasteiger partial charge in [0, 0.05) is 25.0 Å². The first-order valence-corrected chi connectivity index (χ1v) is 8.95. The van der Waals surface area contributed by atoms with Gasteiger partial charge >= 0.3 is 0 Å². The maximum atomic E-state index is 12.3. The summed E-state index contributed by atoms with van der Waals surface area (Å²) in [4.78, 5) is 19.8. The molecule has 6 heteroatoms. The lowest BCUT2D eigenvalue weighted by Crippen LogP contribution is -2.45. The van der Waals surface area contributed by atoms with Crippen LogP contribution < -0.4 is 5.32 Å². The van der Waals surface area contributed by atoms with Crippen LogP contribution in [0.2, 0.25) is 0 Å². The Hall–Kier alpha value is -0.980. The largest absolute Gasteiger partial charge is 0.395 e. The second-order valence-corrected chi connectivity index (χ2v) is 7.28. The van der Waals surface area contributed by atoms with Crippen LogP contribution in [0.3, 0.4) is 0 Å². The molecule has 124 valence electrons. The number of rotatable bonds is 6. The quantitative estimate of drug-likeness (QED) is 0.841. The fourth-order valence-electron chi connectivity index (χ4n) is 2.83. The third-order valence-electron chi connectivity index (χ3n) is 4.16. The van der Waals surface area contributed by atoms with Crippen LogP contribution in [0.15, 0.2) is 0 Å². The summed E-state index contributed by atoms with van der Waals surface area (Å²) in [6.07, 6.45) is 3.42. The molecule has 0 unspecified atom stereocenters. The van der Waals surface area contributed by atoms with Crippen molar-refractivity contribution >= 4 is 17.2 Å². The topological polar surface area (TPSA) is 65.5 Å². The highest BCUT2D eigenvalue weighted by Crippen LogP contribution is 2.24. The highest BCUT2D eigenvalue weighted by Gasteiger charge is 2.22. The first kappa shape index (κ1) is 17.4. The lowest BCUT2D eigenvalue weighted by atomic mass is 10.0. The van der Waals surface area contributed by atoms with Crippen molar-refractivity contribution in [3.63, 3.8) is 0 Å². The number of thiazole rings is 1. The molecule has 1 aliphatic rings. The minimum Gasteiger partial charge on any atom is -0.395 e. The van der Waals surface area contributed by atoms with Crippen molar-refractivity contribution in [3.05, 3.63) is 15.6 Å². The van der Waals surface area contributed by atoms with Gasteiger partial charge in [-0.25, -0.2) is 4.98 Å². The van der Waals surface area contributed by atoms with Gasteiger partial charge in [0.15, 0.2) is 0 Å².